The number of β-amino-alcohol motifs (C(OH)–C–C–N with tert-alkyl or cyclic N) is 1. The van der Waals surface area contributed by atoms with E-state index in [1.165, 1.54) is 12.1 Å². The van der Waals surface area contributed by atoms with Crippen LogP contribution >= 0.6 is 0 Å². The molecule has 1 fully saturated rings. The second kappa shape index (κ2) is 9.03. The van der Waals surface area contributed by atoms with E-state index in [2.05, 4.69) is 10.1 Å². The van der Waals surface area contributed by atoms with Gasteiger partial charge in [-0.15, -0.1) is 0 Å². The standard InChI is InChI=1S/C26H27F2N3O4/c1-15(2)34-21-7-6-16(12-19(21)23(27)28)25-29-24(30-35-25)18-4-3-5-20-17(18)8-9-26(20)13-22(33)31(14-26)10-11-32/h3-7,12,15,23,32H,8-11,13-14H2,1-2H3/t26-/m0/s1. The SMILES string of the molecule is CC(C)Oc1ccc(-c2nc(-c3cccc4c3CC[C@@]43CC(=O)N(CCO)C3)no2)cc1C(F)F. The van der Waals surface area contributed by atoms with Crippen LogP contribution in [0.15, 0.2) is 40.9 Å². The Bertz CT molecular complexity index is 1260. The molecule has 1 saturated heterocycles. The van der Waals surface area contributed by atoms with Gasteiger partial charge in [-0.05, 0) is 56.0 Å². The third-order valence-corrected chi connectivity index (χ3v) is 6.83. The van der Waals surface area contributed by atoms with Gasteiger partial charge in [-0.1, -0.05) is 23.4 Å². The van der Waals surface area contributed by atoms with Gasteiger partial charge in [-0.3, -0.25) is 4.79 Å². The first kappa shape index (κ1) is 23.4. The van der Waals surface area contributed by atoms with Crippen LogP contribution in [0.5, 0.6) is 5.75 Å². The number of fused-ring (bicyclic) bond motifs is 2. The Labute approximate surface area is 201 Å². The number of benzene rings is 2. The van der Waals surface area contributed by atoms with E-state index < -0.39 is 6.43 Å². The van der Waals surface area contributed by atoms with Crippen LogP contribution in [-0.4, -0.2) is 51.9 Å². The molecule has 1 atom stereocenters. The van der Waals surface area contributed by atoms with E-state index in [0.29, 0.717) is 30.9 Å². The second-order valence-corrected chi connectivity index (χ2v) is 9.47. The van der Waals surface area contributed by atoms with Crippen LogP contribution < -0.4 is 4.74 Å². The van der Waals surface area contributed by atoms with Crippen LogP contribution in [0.4, 0.5) is 8.78 Å². The molecule has 3 aromatic rings. The van der Waals surface area contributed by atoms with Crippen LogP contribution in [0.3, 0.4) is 0 Å². The predicted octanol–water partition coefficient (Wildman–Crippen LogP) is 4.54. The highest BCUT2D eigenvalue weighted by Gasteiger charge is 2.48. The Morgan fingerprint density at radius 2 is 2.09 bits per heavy atom. The number of nitrogens with zero attached hydrogens (tertiary/aromatic N) is 3. The summed E-state index contributed by atoms with van der Waals surface area (Å²) < 4.78 is 38.3. The van der Waals surface area contributed by atoms with E-state index >= 15 is 0 Å². The maximum atomic E-state index is 13.7. The monoisotopic (exact) mass is 483 g/mol. The van der Waals surface area contributed by atoms with Crippen molar-refractivity contribution in [3.63, 3.8) is 0 Å². The number of halogens is 2. The van der Waals surface area contributed by atoms with Crippen LogP contribution in [0.2, 0.25) is 0 Å². The van der Waals surface area contributed by atoms with Gasteiger partial charge >= 0.3 is 0 Å². The smallest absolute Gasteiger partial charge is 0.267 e. The van der Waals surface area contributed by atoms with Crippen molar-refractivity contribution in [3.8, 4) is 28.6 Å². The fourth-order valence-electron chi connectivity index (χ4n) is 5.31. The third-order valence-electron chi connectivity index (χ3n) is 6.83. The first-order valence-electron chi connectivity index (χ1n) is 11.8. The molecule has 1 N–H and O–H groups in total. The molecule has 184 valence electrons. The number of aliphatic hydroxyl groups excluding tert-OH is 1. The molecular formula is C26H27F2N3O4. The van der Waals surface area contributed by atoms with Crippen molar-refractivity contribution in [2.75, 3.05) is 19.7 Å². The summed E-state index contributed by atoms with van der Waals surface area (Å²) in [5.74, 6) is 0.713. The number of aliphatic hydroxyl groups is 1. The van der Waals surface area contributed by atoms with Gasteiger partial charge in [0, 0.05) is 36.1 Å². The van der Waals surface area contributed by atoms with Crippen LogP contribution in [0, 0.1) is 0 Å². The van der Waals surface area contributed by atoms with E-state index in [9.17, 15) is 18.7 Å². The predicted molar refractivity (Wildman–Crippen MR) is 124 cm³/mol. The number of ether oxygens (including phenoxy) is 1. The summed E-state index contributed by atoms with van der Waals surface area (Å²) in [5, 5.41) is 13.4. The molecule has 1 aromatic heterocycles. The first-order valence-corrected chi connectivity index (χ1v) is 11.8. The molecule has 0 unspecified atom stereocenters. The molecule has 0 radical (unpaired) electrons. The van der Waals surface area contributed by atoms with Crippen LogP contribution in [0.1, 0.15) is 49.8 Å². The molecule has 1 aliphatic carbocycles. The minimum atomic E-state index is -2.71. The van der Waals surface area contributed by atoms with Gasteiger partial charge in [0.2, 0.25) is 11.7 Å². The average Bonchev–Trinajstić information content (AvgIpc) is 3.52. The lowest BCUT2D eigenvalue weighted by atomic mass is 9.80. The molecule has 2 heterocycles. The number of alkyl halides is 2. The molecule has 7 nitrogen and oxygen atoms in total. The Balaban J connectivity index is 1.47. The molecule has 2 aliphatic rings. The highest BCUT2D eigenvalue weighted by Crippen LogP contribution is 2.48. The summed E-state index contributed by atoms with van der Waals surface area (Å²) >= 11 is 0. The fraction of sp³-hybridized carbons (Fsp3) is 0.423. The van der Waals surface area contributed by atoms with E-state index in [1.807, 2.05) is 18.2 Å². The summed E-state index contributed by atoms with van der Waals surface area (Å²) in [4.78, 5) is 18.8. The van der Waals surface area contributed by atoms with E-state index in [4.69, 9.17) is 9.26 Å². The molecule has 0 bridgehead atoms. The Kier molecular flexibility index (Phi) is 6.04. The summed E-state index contributed by atoms with van der Waals surface area (Å²) in [7, 11) is 0. The Hall–Kier alpha value is -3.33. The minimum absolute atomic E-state index is 0.0545. The number of likely N-dealkylation sites (tertiary alicyclic amines) is 1. The molecule has 5 rings (SSSR count). The van der Waals surface area contributed by atoms with Gasteiger partial charge in [0.15, 0.2) is 0 Å². The second-order valence-electron chi connectivity index (χ2n) is 9.47. The number of rotatable bonds is 7. The van der Waals surface area contributed by atoms with Gasteiger partial charge < -0.3 is 19.3 Å². The van der Waals surface area contributed by atoms with Gasteiger partial charge in [0.05, 0.1) is 18.3 Å². The summed E-state index contributed by atoms with van der Waals surface area (Å²) in [6, 6.07) is 10.3. The molecular weight excluding hydrogens is 456 g/mol. The van der Waals surface area contributed by atoms with E-state index in [-0.39, 0.29) is 41.2 Å². The van der Waals surface area contributed by atoms with Crippen molar-refractivity contribution in [3.05, 3.63) is 53.1 Å². The Morgan fingerprint density at radius 1 is 1.26 bits per heavy atom. The maximum absolute atomic E-state index is 13.7. The van der Waals surface area contributed by atoms with Gasteiger partial charge in [0.25, 0.3) is 12.3 Å². The maximum Gasteiger partial charge on any atom is 0.267 e. The highest BCUT2D eigenvalue weighted by molar-refractivity contribution is 5.82. The quantitative estimate of drug-likeness (QED) is 0.531. The molecule has 35 heavy (non-hydrogen) atoms. The first-order chi connectivity index (χ1) is 16.8. The molecule has 1 aliphatic heterocycles. The number of amides is 1. The molecule has 2 aromatic carbocycles. The molecule has 0 saturated carbocycles. The van der Waals surface area contributed by atoms with Crippen molar-refractivity contribution in [2.45, 2.75) is 51.1 Å². The molecule has 1 spiro atoms. The van der Waals surface area contributed by atoms with E-state index in [1.54, 1.807) is 24.8 Å². The molecule has 1 amide bonds. The van der Waals surface area contributed by atoms with Gasteiger partial charge in [0.1, 0.15) is 5.75 Å². The topological polar surface area (TPSA) is 88.7 Å². The summed E-state index contributed by atoms with van der Waals surface area (Å²) in [6.45, 7) is 4.42. The normalized spacial score (nSPS) is 19.4. The van der Waals surface area contributed by atoms with Crippen molar-refractivity contribution in [2.24, 2.45) is 0 Å². The van der Waals surface area contributed by atoms with Crippen LogP contribution in [-0.2, 0) is 16.6 Å². The van der Waals surface area contributed by atoms with Crippen molar-refractivity contribution in [1.29, 1.82) is 0 Å². The van der Waals surface area contributed by atoms with Gasteiger partial charge in [-0.2, -0.15) is 4.98 Å². The molecule has 9 heteroatoms. The lowest BCUT2D eigenvalue weighted by Crippen LogP contribution is -2.32. The number of carbonyl (C=O) groups is 1. The van der Waals surface area contributed by atoms with Crippen molar-refractivity contribution < 1.29 is 27.9 Å². The lowest BCUT2D eigenvalue weighted by Gasteiger charge is -2.24. The van der Waals surface area contributed by atoms with Crippen molar-refractivity contribution in [1.82, 2.24) is 15.0 Å². The number of hydrogen-bond acceptors (Lipinski definition) is 6. The number of aromatic nitrogens is 2. The summed E-state index contributed by atoms with van der Waals surface area (Å²) in [5.41, 5.74) is 2.88. The Morgan fingerprint density at radius 3 is 2.83 bits per heavy atom. The zero-order valence-electron chi connectivity index (χ0n) is 19.6. The average molecular weight is 484 g/mol. The largest absolute Gasteiger partial charge is 0.491 e. The van der Waals surface area contributed by atoms with Crippen molar-refractivity contribution >= 4 is 5.91 Å². The minimum Gasteiger partial charge on any atom is -0.491 e. The van der Waals surface area contributed by atoms with Crippen LogP contribution in [0.25, 0.3) is 22.8 Å². The zero-order valence-corrected chi connectivity index (χ0v) is 19.6. The highest BCUT2D eigenvalue weighted by atomic mass is 19.3. The summed E-state index contributed by atoms with van der Waals surface area (Å²) in [6.07, 6.45) is -0.927. The number of carbonyl (C=O) groups excluding carboxylic acids is 1. The lowest BCUT2D eigenvalue weighted by molar-refractivity contribution is -0.128. The van der Waals surface area contributed by atoms with Gasteiger partial charge in [-0.25, -0.2) is 8.78 Å². The zero-order chi connectivity index (χ0) is 24.7. The fourth-order valence-corrected chi connectivity index (χ4v) is 5.31. The number of hydrogen-bond donors (Lipinski definition) is 1. The van der Waals surface area contributed by atoms with E-state index in [0.717, 1.165) is 29.5 Å². The third kappa shape index (κ3) is 4.18.